The predicted octanol–water partition coefficient (Wildman–Crippen LogP) is 3.00. The number of hydrogen-bond acceptors (Lipinski definition) is 5. The molecule has 124 valence electrons. The third kappa shape index (κ3) is 2.89. The number of halogens is 1. The van der Waals surface area contributed by atoms with E-state index >= 15 is 0 Å². The van der Waals surface area contributed by atoms with Crippen molar-refractivity contribution in [3.8, 4) is 5.75 Å². The average Bonchev–Trinajstić information content (AvgIpc) is 3.25. The minimum atomic E-state index is 0.142. The Labute approximate surface area is 145 Å². The number of ether oxygens (including phenoxy) is 1. The molecule has 2 aromatic heterocycles. The molecule has 4 rings (SSSR count). The minimum Gasteiger partial charge on any atom is -0.489 e. The van der Waals surface area contributed by atoms with Crippen LogP contribution in [0, 0.1) is 0 Å². The van der Waals surface area contributed by atoms with Gasteiger partial charge in [0.1, 0.15) is 24.0 Å². The van der Waals surface area contributed by atoms with E-state index in [0.29, 0.717) is 10.8 Å². The lowest BCUT2D eigenvalue weighted by atomic mass is 10.3. The number of nitrogens with zero attached hydrogens (tertiary/aromatic N) is 5. The third-order valence-electron chi connectivity index (χ3n) is 4.23. The maximum absolute atomic E-state index is 6.07. The summed E-state index contributed by atoms with van der Waals surface area (Å²) in [5.41, 5.74) is 1.02. The van der Waals surface area contributed by atoms with Crippen molar-refractivity contribution in [2.75, 3.05) is 18.0 Å². The molecule has 3 aromatic rings. The first-order chi connectivity index (χ1) is 11.7. The highest BCUT2D eigenvalue weighted by Gasteiger charge is 2.26. The molecular weight excluding hydrogens is 326 g/mol. The molecule has 0 N–H and O–H groups in total. The summed E-state index contributed by atoms with van der Waals surface area (Å²) in [6.07, 6.45) is 3.52. The molecule has 0 saturated carbocycles. The number of anilines is 1. The van der Waals surface area contributed by atoms with Gasteiger partial charge in [0.15, 0.2) is 0 Å². The van der Waals surface area contributed by atoms with Crippen LogP contribution in [0.2, 0.25) is 5.02 Å². The van der Waals surface area contributed by atoms with Crippen molar-refractivity contribution in [1.29, 1.82) is 0 Å². The fourth-order valence-corrected chi connectivity index (χ4v) is 3.11. The van der Waals surface area contributed by atoms with E-state index in [1.165, 1.54) is 0 Å². The molecule has 0 amide bonds. The van der Waals surface area contributed by atoms with Crippen molar-refractivity contribution >= 4 is 23.2 Å². The third-order valence-corrected chi connectivity index (χ3v) is 4.49. The molecule has 1 aromatic carbocycles. The van der Waals surface area contributed by atoms with Crippen molar-refractivity contribution in [2.24, 2.45) is 0 Å². The molecule has 1 aliphatic rings. The molecule has 0 spiro atoms. The zero-order valence-electron chi connectivity index (χ0n) is 13.4. The summed E-state index contributed by atoms with van der Waals surface area (Å²) in [5.74, 6) is 2.52. The van der Waals surface area contributed by atoms with Gasteiger partial charge < -0.3 is 9.64 Å². The van der Waals surface area contributed by atoms with Crippen LogP contribution in [-0.2, 0) is 6.42 Å². The largest absolute Gasteiger partial charge is 0.489 e. The number of aromatic nitrogens is 4. The summed E-state index contributed by atoms with van der Waals surface area (Å²) in [5, 5.41) is 5.02. The number of fused-ring (bicyclic) bond motifs is 1. The van der Waals surface area contributed by atoms with E-state index in [1.54, 1.807) is 10.8 Å². The van der Waals surface area contributed by atoms with Crippen LogP contribution in [0.5, 0.6) is 5.75 Å². The Bertz CT molecular complexity index is 848. The second-order valence-corrected chi connectivity index (χ2v) is 6.30. The molecule has 7 heteroatoms. The fourth-order valence-electron chi connectivity index (χ4n) is 2.99. The highest BCUT2D eigenvalue weighted by molar-refractivity contribution is 6.30. The van der Waals surface area contributed by atoms with Crippen LogP contribution in [0.25, 0.3) is 5.78 Å². The Morgan fingerprint density at radius 2 is 2.12 bits per heavy atom. The molecule has 0 bridgehead atoms. The molecule has 24 heavy (non-hydrogen) atoms. The van der Waals surface area contributed by atoms with E-state index in [4.69, 9.17) is 16.3 Å². The van der Waals surface area contributed by atoms with E-state index in [-0.39, 0.29) is 6.10 Å². The van der Waals surface area contributed by atoms with Crippen molar-refractivity contribution < 1.29 is 4.74 Å². The predicted molar refractivity (Wildman–Crippen MR) is 92.9 cm³/mol. The van der Waals surface area contributed by atoms with E-state index in [0.717, 1.165) is 43.2 Å². The summed E-state index contributed by atoms with van der Waals surface area (Å²) in [6.45, 7) is 3.82. The Hall–Kier alpha value is -2.34. The lowest BCUT2D eigenvalue weighted by Gasteiger charge is -2.20. The number of benzene rings is 1. The van der Waals surface area contributed by atoms with Crippen molar-refractivity contribution in [1.82, 2.24) is 19.6 Å². The molecule has 1 aliphatic heterocycles. The van der Waals surface area contributed by atoms with Gasteiger partial charge in [-0.3, -0.25) is 0 Å². The van der Waals surface area contributed by atoms with Gasteiger partial charge >= 0.3 is 0 Å². The van der Waals surface area contributed by atoms with Crippen LogP contribution >= 0.6 is 11.6 Å². The maximum Gasteiger partial charge on any atom is 0.254 e. The van der Waals surface area contributed by atoms with Crippen LogP contribution in [0.1, 0.15) is 19.0 Å². The molecule has 1 saturated heterocycles. The monoisotopic (exact) mass is 343 g/mol. The molecule has 3 heterocycles. The summed E-state index contributed by atoms with van der Waals surface area (Å²) >= 11 is 5.92. The van der Waals surface area contributed by atoms with Gasteiger partial charge in [0.2, 0.25) is 0 Å². The molecule has 1 fully saturated rings. The van der Waals surface area contributed by atoms with Gasteiger partial charge in [-0.2, -0.15) is 14.6 Å². The van der Waals surface area contributed by atoms with Gasteiger partial charge in [-0.1, -0.05) is 18.5 Å². The van der Waals surface area contributed by atoms with Crippen LogP contribution < -0.4 is 9.64 Å². The SMILES string of the molecule is CCc1cc(N2CCC(Oc3ccc(Cl)cc3)C2)n2ncnc2n1. The van der Waals surface area contributed by atoms with E-state index < -0.39 is 0 Å². The molecule has 6 nitrogen and oxygen atoms in total. The van der Waals surface area contributed by atoms with Crippen LogP contribution in [0.3, 0.4) is 0 Å². The lowest BCUT2D eigenvalue weighted by Crippen LogP contribution is -2.26. The molecular formula is C17H18ClN5O. The summed E-state index contributed by atoms with van der Waals surface area (Å²) < 4.78 is 7.87. The highest BCUT2D eigenvalue weighted by atomic mass is 35.5. The van der Waals surface area contributed by atoms with Crippen LogP contribution in [-0.4, -0.2) is 38.8 Å². The van der Waals surface area contributed by atoms with Crippen molar-refractivity contribution in [3.63, 3.8) is 0 Å². The summed E-state index contributed by atoms with van der Waals surface area (Å²) in [4.78, 5) is 11.0. The Balaban J connectivity index is 1.54. The van der Waals surface area contributed by atoms with Gasteiger partial charge in [0.25, 0.3) is 5.78 Å². The van der Waals surface area contributed by atoms with Crippen LogP contribution in [0.15, 0.2) is 36.7 Å². The minimum absolute atomic E-state index is 0.142. The zero-order valence-corrected chi connectivity index (χ0v) is 14.1. The quantitative estimate of drug-likeness (QED) is 0.729. The van der Waals surface area contributed by atoms with Gasteiger partial charge in [-0.25, -0.2) is 4.98 Å². The van der Waals surface area contributed by atoms with E-state index in [9.17, 15) is 0 Å². The average molecular weight is 344 g/mol. The first-order valence-electron chi connectivity index (χ1n) is 8.10. The first kappa shape index (κ1) is 15.2. The summed E-state index contributed by atoms with van der Waals surface area (Å²) in [7, 11) is 0. The van der Waals surface area contributed by atoms with Gasteiger partial charge in [0.05, 0.1) is 6.54 Å². The lowest BCUT2D eigenvalue weighted by molar-refractivity contribution is 0.225. The molecule has 0 radical (unpaired) electrons. The second-order valence-electron chi connectivity index (χ2n) is 5.86. The van der Waals surface area contributed by atoms with Crippen molar-refractivity contribution in [2.45, 2.75) is 25.9 Å². The molecule has 1 unspecified atom stereocenters. The van der Waals surface area contributed by atoms with E-state index in [1.807, 2.05) is 24.3 Å². The summed E-state index contributed by atoms with van der Waals surface area (Å²) in [6, 6.07) is 9.59. The first-order valence-corrected chi connectivity index (χ1v) is 8.47. The van der Waals surface area contributed by atoms with Gasteiger partial charge in [0, 0.05) is 29.7 Å². The Morgan fingerprint density at radius 3 is 2.92 bits per heavy atom. The fraction of sp³-hybridized carbons (Fsp3) is 0.353. The molecule has 1 atom stereocenters. The van der Waals surface area contributed by atoms with E-state index in [2.05, 4.69) is 33.0 Å². The Morgan fingerprint density at radius 1 is 1.29 bits per heavy atom. The number of rotatable bonds is 4. The number of aryl methyl sites for hydroxylation is 1. The maximum atomic E-state index is 6.07. The van der Waals surface area contributed by atoms with Gasteiger partial charge in [-0.05, 0) is 30.7 Å². The van der Waals surface area contributed by atoms with Crippen molar-refractivity contribution in [3.05, 3.63) is 47.4 Å². The Kier molecular flexibility index (Phi) is 3.98. The molecule has 0 aliphatic carbocycles. The smallest absolute Gasteiger partial charge is 0.254 e. The second kappa shape index (κ2) is 6.28. The van der Waals surface area contributed by atoms with Crippen LogP contribution in [0.4, 0.5) is 5.82 Å². The zero-order chi connectivity index (χ0) is 16.5. The normalized spacial score (nSPS) is 17.6. The van der Waals surface area contributed by atoms with Gasteiger partial charge in [-0.15, -0.1) is 0 Å². The number of hydrogen-bond donors (Lipinski definition) is 0. The topological polar surface area (TPSA) is 55.6 Å². The standard InChI is InChI=1S/C17H18ClN5O/c1-2-13-9-16(23-17(21-13)19-11-20-23)22-8-7-15(10-22)24-14-5-3-12(18)4-6-14/h3-6,9,11,15H,2,7-8,10H2,1H3. The highest BCUT2D eigenvalue weighted by Crippen LogP contribution is 2.25.